The van der Waals surface area contributed by atoms with Crippen LogP contribution in [0.2, 0.25) is 0 Å². The maximum absolute atomic E-state index is 6.72. The van der Waals surface area contributed by atoms with Crippen LogP contribution in [-0.4, -0.2) is 19.3 Å². The first kappa shape index (κ1) is 40.2. The van der Waals surface area contributed by atoms with Crippen molar-refractivity contribution in [2.24, 2.45) is 11.3 Å². The second-order valence-electron chi connectivity index (χ2n) is 16.8. The van der Waals surface area contributed by atoms with Crippen LogP contribution in [0, 0.1) is 44.2 Å². The number of hydrogen-bond acceptors (Lipinski definition) is 3. The number of aryl methyl sites for hydroxylation is 3. The Morgan fingerprint density at radius 3 is 2.31 bits per heavy atom. The molecular formula is C49H54N4OPt. The molecule has 1 unspecified atom stereocenters. The van der Waals surface area contributed by atoms with Crippen LogP contribution >= 0.6 is 0 Å². The summed E-state index contributed by atoms with van der Waals surface area (Å²) < 4.78 is 11.0. The van der Waals surface area contributed by atoms with E-state index in [1.54, 1.807) is 0 Å². The van der Waals surface area contributed by atoms with Gasteiger partial charge >= 0.3 is 21.1 Å². The zero-order chi connectivity index (χ0) is 38.1. The third-order valence-electron chi connectivity index (χ3n) is 10.6. The molecular weight excluding hydrogens is 856 g/mol. The predicted molar refractivity (Wildman–Crippen MR) is 224 cm³/mol. The molecule has 0 aliphatic heterocycles. The monoisotopic (exact) mass is 909 g/mol. The van der Waals surface area contributed by atoms with Gasteiger partial charge in [-0.1, -0.05) is 102 Å². The minimum Gasteiger partial charge on any atom is -0.509 e. The molecule has 3 aromatic heterocycles. The van der Waals surface area contributed by atoms with Crippen LogP contribution in [0.3, 0.4) is 0 Å². The Morgan fingerprint density at radius 2 is 1.58 bits per heavy atom. The van der Waals surface area contributed by atoms with E-state index >= 15 is 0 Å². The number of aromatic nitrogens is 4. The van der Waals surface area contributed by atoms with Crippen molar-refractivity contribution in [2.75, 3.05) is 0 Å². The SMILES string of the molecule is Cc1ccnc(-n2c3[c-]c(Oc4[c-]c(-n5nc(C)c(-c6ccccc6)c5C)cc(CCC(C)C)c4)ccc3c3cc(C(C)CCCC(C)(C)C)ccc32)c1.[Pt+2]. The number of pyridine rings is 1. The Labute approximate surface area is 342 Å². The smallest absolute Gasteiger partial charge is 0.509 e. The van der Waals surface area contributed by atoms with E-state index in [-0.39, 0.29) is 21.1 Å². The van der Waals surface area contributed by atoms with Crippen LogP contribution in [0.5, 0.6) is 11.5 Å². The number of rotatable bonds is 12. The third kappa shape index (κ3) is 8.99. The number of ether oxygens (including phenoxy) is 1. The van der Waals surface area contributed by atoms with Crippen molar-refractivity contribution in [1.82, 2.24) is 19.3 Å². The van der Waals surface area contributed by atoms with Gasteiger partial charge in [-0.25, -0.2) is 4.98 Å². The van der Waals surface area contributed by atoms with Gasteiger partial charge in [0.1, 0.15) is 5.82 Å². The van der Waals surface area contributed by atoms with Crippen molar-refractivity contribution < 1.29 is 25.8 Å². The molecule has 7 aromatic rings. The van der Waals surface area contributed by atoms with Crippen molar-refractivity contribution in [3.63, 3.8) is 0 Å². The molecule has 0 saturated carbocycles. The van der Waals surface area contributed by atoms with Gasteiger partial charge in [-0.05, 0) is 103 Å². The van der Waals surface area contributed by atoms with Gasteiger partial charge in [0, 0.05) is 34.5 Å². The number of benzene rings is 4. The van der Waals surface area contributed by atoms with Gasteiger partial charge in [0.25, 0.3) is 0 Å². The standard InChI is InChI=1S/C49H54N4O.Pt/c1-32(2)17-18-37-27-40(53-36(6)48(35(5)51-53)38-15-11-10-12-16-38)30-42(28-37)54-41-20-21-43-44-29-39(34(4)14-13-24-49(7,8)9)19-22-45(44)52(46(43)31-41)47-26-33(3)23-25-50-47;/h10-12,15-16,19-23,25-29,32,34H,13-14,17-18,24H2,1-9H3;/q-2;+2. The summed E-state index contributed by atoms with van der Waals surface area (Å²) in [5.41, 5.74) is 11.4. The minimum absolute atomic E-state index is 0. The van der Waals surface area contributed by atoms with Crippen molar-refractivity contribution in [3.8, 4) is 34.1 Å². The molecule has 0 N–H and O–H groups in total. The van der Waals surface area contributed by atoms with E-state index < -0.39 is 0 Å². The molecule has 0 bridgehead atoms. The summed E-state index contributed by atoms with van der Waals surface area (Å²) in [5, 5.41) is 7.36. The Hall–Kier alpha value is -4.47. The van der Waals surface area contributed by atoms with E-state index in [9.17, 15) is 0 Å². The topological polar surface area (TPSA) is 44.9 Å². The van der Waals surface area contributed by atoms with Gasteiger partial charge in [0.2, 0.25) is 0 Å². The van der Waals surface area contributed by atoms with Crippen molar-refractivity contribution in [3.05, 3.63) is 131 Å². The fourth-order valence-electron chi connectivity index (χ4n) is 7.67. The van der Waals surface area contributed by atoms with Gasteiger partial charge < -0.3 is 9.30 Å². The average Bonchev–Trinajstić information content (AvgIpc) is 3.62. The maximum atomic E-state index is 6.72. The molecule has 55 heavy (non-hydrogen) atoms. The van der Waals surface area contributed by atoms with Gasteiger partial charge in [0.05, 0.1) is 5.69 Å². The molecule has 4 aromatic carbocycles. The maximum Gasteiger partial charge on any atom is 2.00 e. The summed E-state index contributed by atoms with van der Waals surface area (Å²) in [5.74, 6) is 3.21. The predicted octanol–water partition coefficient (Wildman–Crippen LogP) is 13.3. The molecule has 0 spiro atoms. The van der Waals surface area contributed by atoms with E-state index in [1.165, 1.54) is 35.8 Å². The fraction of sp³-hybridized carbons (Fsp3) is 0.347. The summed E-state index contributed by atoms with van der Waals surface area (Å²) in [6.07, 6.45) is 7.52. The summed E-state index contributed by atoms with van der Waals surface area (Å²) >= 11 is 0. The molecule has 6 heteroatoms. The fourth-order valence-corrected chi connectivity index (χ4v) is 7.67. The summed E-state index contributed by atoms with van der Waals surface area (Å²) in [6, 6.07) is 37.4. The summed E-state index contributed by atoms with van der Waals surface area (Å²) in [4.78, 5) is 4.83. The molecule has 0 saturated heterocycles. The summed E-state index contributed by atoms with van der Waals surface area (Å²) in [7, 11) is 0. The van der Waals surface area contributed by atoms with Crippen LogP contribution in [0.25, 0.3) is 44.4 Å². The molecule has 0 aliphatic carbocycles. The molecule has 286 valence electrons. The Morgan fingerprint density at radius 1 is 0.800 bits per heavy atom. The molecule has 0 radical (unpaired) electrons. The van der Waals surface area contributed by atoms with Crippen LogP contribution in [0.4, 0.5) is 0 Å². The van der Waals surface area contributed by atoms with Crippen LogP contribution in [-0.2, 0) is 27.5 Å². The molecule has 3 heterocycles. The number of hydrogen-bond donors (Lipinski definition) is 0. The Bertz CT molecular complexity index is 2410. The van der Waals surface area contributed by atoms with Gasteiger partial charge in [-0.15, -0.1) is 35.7 Å². The number of fused-ring (bicyclic) bond motifs is 3. The largest absolute Gasteiger partial charge is 2.00 e. The molecule has 5 nitrogen and oxygen atoms in total. The summed E-state index contributed by atoms with van der Waals surface area (Å²) in [6.45, 7) is 20.2. The van der Waals surface area contributed by atoms with Gasteiger partial charge in [0.15, 0.2) is 0 Å². The van der Waals surface area contributed by atoms with Crippen molar-refractivity contribution in [1.29, 1.82) is 0 Å². The first-order valence-corrected chi connectivity index (χ1v) is 19.6. The zero-order valence-electron chi connectivity index (χ0n) is 33.9. The first-order valence-electron chi connectivity index (χ1n) is 19.6. The van der Waals surface area contributed by atoms with E-state index in [4.69, 9.17) is 14.8 Å². The van der Waals surface area contributed by atoms with Crippen LogP contribution in [0.1, 0.15) is 101 Å². The van der Waals surface area contributed by atoms with E-state index in [2.05, 4.69) is 146 Å². The second-order valence-corrected chi connectivity index (χ2v) is 16.8. The Kier molecular flexibility index (Phi) is 12.2. The zero-order valence-corrected chi connectivity index (χ0v) is 36.1. The first-order chi connectivity index (χ1) is 25.8. The quantitative estimate of drug-likeness (QED) is 0.115. The Balaban J connectivity index is 0.00000514. The molecule has 1 atom stereocenters. The number of nitrogens with zero attached hydrogens (tertiary/aromatic N) is 4. The minimum atomic E-state index is 0. The molecule has 7 rings (SSSR count). The third-order valence-corrected chi connectivity index (χ3v) is 10.6. The van der Waals surface area contributed by atoms with E-state index in [1.807, 2.05) is 29.1 Å². The van der Waals surface area contributed by atoms with Crippen molar-refractivity contribution >= 4 is 21.8 Å². The van der Waals surface area contributed by atoms with Crippen molar-refractivity contribution in [2.45, 2.75) is 100 Å². The van der Waals surface area contributed by atoms with Crippen LogP contribution < -0.4 is 4.74 Å². The van der Waals surface area contributed by atoms with Gasteiger partial charge in [-0.2, -0.15) is 16.7 Å². The van der Waals surface area contributed by atoms with E-state index in [0.29, 0.717) is 28.7 Å². The average molecular weight is 910 g/mol. The van der Waals surface area contributed by atoms with E-state index in [0.717, 1.165) is 68.8 Å². The van der Waals surface area contributed by atoms with Gasteiger partial charge in [-0.3, -0.25) is 4.68 Å². The molecule has 0 amide bonds. The second kappa shape index (κ2) is 16.7. The normalized spacial score (nSPS) is 12.4. The van der Waals surface area contributed by atoms with Crippen LogP contribution in [0.15, 0.2) is 91.1 Å². The molecule has 0 aliphatic rings. The molecule has 0 fully saturated rings.